The lowest BCUT2D eigenvalue weighted by atomic mass is 9.85. The first-order valence-corrected chi connectivity index (χ1v) is 4.06. The predicted molar refractivity (Wildman–Crippen MR) is 42.8 cm³/mol. The average molecular weight is 140 g/mol. The van der Waals surface area contributed by atoms with Gasteiger partial charge >= 0.3 is 0 Å². The molecule has 0 unspecified atom stereocenters. The van der Waals surface area contributed by atoms with Gasteiger partial charge in [0, 0.05) is 0 Å². The van der Waals surface area contributed by atoms with Crippen LogP contribution in [-0.4, -0.2) is 11.2 Å². The molecule has 1 rings (SSSR count). The number of hydrogen-bond donors (Lipinski definition) is 1. The van der Waals surface area contributed by atoms with E-state index in [0.717, 1.165) is 12.8 Å². The zero-order valence-electron chi connectivity index (χ0n) is 6.80. The maximum absolute atomic E-state index is 9.44. The molecule has 0 heterocycles. The van der Waals surface area contributed by atoms with Crippen LogP contribution < -0.4 is 0 Å². The highest BCUT2D eigenvalue weighted by Crippen LogP contribution is 2.27. The normalized spacial score (nSPS) is 38.5. The minimum absolute atomic E-state index is 0.0834. The maximum atomic E-state index is 9.44. The van der Waals surface area contributed by atoms with Crippen LogP contribution in [0.5, 0.6) is 0 Å². The number of allylic oxidation sites excluding steroid dienone is 1. The van der Waals surface area contributed by atoms with E-state index >= 15 is 0 Å². The summed E-state index contributed by atoms with van der Waals surface area (Å²) in [6.45, 7) is 4.18. The van der Waals surface area contributed by atoms with E-state index in [-0.39, 0.29) is 6.10 Å². The summed E-state index contributed by atoms with van der Waals surface area (Å²) in [6, 6.07) is 0. The van der Waals surface area contributed by atoms with Crippen molar-refractivity contribution < 1.29 is 5.11 Å². The molecule has 1 nitrogen and oxygen atoms in total. The second kappa shape index (κ2) is 3.20. The minimum atomic E-state index is -0.0834. The Morgan fingerprint density at radius 3 is 2.80 bits per heavy atom. The van der Waals surface area contributed by atoms with Gasteiger partial charge in [0.25, 0.3) is 0 Å². The van der Waals surface area contributed by atoms with Crippen LogP contribution in [0, 0.1) is 5.92 Å². The van der Waals surface area contributed by atoms with Crippen molar-refractivity contribution in [3.8, 4) is 0 Å². The Morgan fingerprint density at radius 2 is 2.30 bits per heavy atom. The molecule has 58 valence electrons. The lowest BCUT2D eigenvalue weighted by Gasteiger charge is -2.26. The molecule has 1 N–H and O–H groups in total. The second-order valence-electron chi connectivity index (χ2n) is 3.23. The number of aliphatic hydroxyl groups is 1. The van der Waals surface area contributed by atoms with E-state index in [1.54, 1.807) is 0 Å². The largest absolute Gasteiger partial charge is 0.393 e. The van der Waals surface area contributed by atoms with Crippen LogP contribution in [0.15, 0.2) is 11.6 Å². The maximum Gasteiger partial charge on any atom is 0.0602 e. The van der Waals surface area contributed by atoms with Gasteiger partial charge in [0.15, 0.2) is 0 Å². The van der Waals surface area contributed by atoms with Gasteiger partial charge in [-0.15, -0.1) is 0 Å². The third-order valence-corrected chi connectivity index (χ3v) is 2.46. The van der Waals surface area contributed by atoms with Gasteiger partial charge in [-0.05, 0) is 32.1 Å². The lowest BCUT2D eigenvalue weighted by molar-refractivity contribution is 0.0978. The fourth-order valence-electron chi connectivity index (χ4n) is 1.44. The third kappa shape index (κ3) is 1.60. The summed E-state index contributed by atoms with van der Waals surface area (Å²) in [4.78, 5) is 0. The van der Waals surface area contributed by atoms with Crippen LogP contribution in [-0.2, 0) is 0 Å². The van der Waals surface area contributed by atoms with Crippen molar-refractivity contribution in [2.45, 2.75) is 39.2 Å². The summed E-state index contributed by atoms with van der Waals surface area (Å²) in [5.74, 6) is 0.503. The first-order chi connectivity index (χ1) is 4.74. The van der Waals surface area contributed by atoms with Crippen molar-refractivity contribution in [1.29, 1.82) is 0 Å². The molecule has 0 radical (unpaired) electrons. The van der Waals surface area contributed by atoms with E-state index in [1.807, 2.05) is 0 Å². The predicted octanol–water partition coefficient (Wildman–Crippen LogP) is 2.11. The molecular formula is C9H16O. The Balaban J connectivity index is 2.48. The molecule has 1 saturated carbocycles. The van der Waals surface area contributed by atoms with E-state index in [2.05, 4.69) is 19.9 Å². The van der Waals surface area contributed by atoms with Crippen LogP contribution in [0.25, 0.3) is 0 Å². The van der Waals surface area contributed by atoms with Gasteiger partial charge in [0.2, 0.25) is 0 Å². The average Bonchev–Trinajstić information content (AvgIpc) is 1.95. The van der Waals surface area contributed by atoms with Gasteiger partial charge in [-0.3, -0.25) is 0 Å². The SMILES string of the molecule is C/C=C1\CC[C@@H](C)[C@@H](O)C1. The summed E-state index contributed by atoms with van der Waals surface area (Å²) in [5.41, 5.74) is 1.42. The molecule has 0 aromatic carbocycles. The van der Waals surface area contributed by atoms with Crippen molar-refractivity contribution in [2.24, 2.45) is 5.92 Å². The molecule has 0 spiro atoms. The summed E-state index contributed by atoms with van der Waals surface area (Å²) >= 11 is 0. The van der Waals surface area contributed by atoms with Crippen LogP contribution in [0.2, 0.25) is 0 Å². The van der Waals surface area contributed by atoms with Crippen LogP contribution in [0.4, 0.5) is 0 Å². The van der Waals surface area contributed by atoms with Crippen molar-refractivity contribution in [3.63, 3.8) is 0 Å². The van der Waals surface area contributed by atoms with Gasteiger partial charge in [-0.1, -0.05) is 18.6 Å². The van der Waals surface area contributed by atoms with Crippen molar-refractivity contribution in [3.05, 3.63) is 11.6 Å². The van der Waals surface area contributed by atoms with E-state index < -0.39 is 0 Å². The molecule has 0 aliphatic heterocycles. The van der Waals surface area contributed by atoms with E-state index in [4.69, 9.17) is 0 Å². The summed E-state index contributed by atoms with van der Waals surface area (Å²) in [5, 5.41) is 9.44. The fourth-order valence-corrected chi connectivity index (χ4v) is 1.44. The highest BCUT2D eigenvalue weighted by molar-refractivity contribution is 5.05. The monoisotopic (exact) mass is 140 g/mol. The Labute approximate surface area is 62.8 Å². The van der Waals surface area contributed by atoms with Crippen molar-refractivity contribution in [1.82, 2.24) is 0 Å². The Morgan fingerprint density at radius 1 is 1.60 bits per heavy atom. The molecule has 0 bridgehead atoms. The lowest BCUT2D eigenvalue weighted by Crippen LogP contribution is -2.22. The Kier molecular flexibility index (Phi) is 2.50. The fraction of sp³-hybridized carbons (Fsp3) is 0.778. The van der Waals surface area contributed by atoms with Gasteiger partial charge in [0.05, 0.1) is 6.10 Å². The van der Waals surface area contributed by atoms with Gasteiger partial charge in [-0.25, -0.2) is 0 Å². The van der Waals surface area contributed by atoms with Gasteiger partial charge in [-0.2, -0.15) is 0 Å². The molecule has 1 fully saturated rings. The van der Waals surface area contributed by atoms with Crippen LogP contribution in [0.3, 0.4) is 0 Å². The second-order valence-corrected chi connectivity index (χ2v) is 3.23. The Bertz CT molecular complexity index is 138. The zero-order chi connectivity index (χ0) is 7.56. The smallest absolute Gasteiger partial charge is 0.0602 e. The summed E-state index contributed by atoms with van der Waals surface area (Å²) < 4.78 is 0. The van der Waals surface area contributed by atoms with Gasteiger partial charge < -0.3 is 5.11 Å². The third-order valence-electron chi connectivity index (χ3n) is 2.46. The topological polar surface area (TPSA) is 20.2 Å². The molecule has 1 aliphatic rings. The van der Waals surface area contributed by atoms with E-state index in [1.165, 1.54) is 12.0 Å². The molecule has 0 aromatic rings. The van der Waals surface area contributed by atoms with Crippen LogP contribution in [0.1, 0.15) is 33.1 Å². The molecule has 0 aromatic heterocycles. The van der Waals surface area contributed by atoms with Crippen LogP contribution >= 0.6 is 0 Å². The first-order valence-electron chi connectivity index (χ1n) is 4.06. The molecular weight excluding hydrogens is 124 g/mol. The molecule has 0 saturated heterocycles. The molecule has 1 aliphatic carbocycles. The first kappa shape index (κ1) is 7.80. The summed E-state index contributed by atoms with van der Waals surface area (Å²) in [7, 11) is 0. The standard InChI is InChI=1S/C9H16O/c1-3-8-5-4-7(2)9(10)6-8/h3,7,9-10H,4-6H2,1-2H3/b8-3+/t7-,9+/m1/s1. The minimum Gasteiger partial charge on any atom is -0.393 e. The van der Waals surface area contributed by atoms with Crippen molar-refractivity contribution in [2.75, 3.05) is 0 Å². The quantitative estimate of drug-likeness (QED) is 0.511. The summed E-state index contributed by atoms with van der Waals surface area (Å²) in [6.07, 6.45) is 5.29. The molecule has 0 amide bonds. The molecule has 1 heteroatoms. The molecule has 2 atom stereocenters. The highest BCUT2D eigenvalue weighted by Gasteiger charge is 2.20. The van der Waals surface area contributed by atoms with Crippen molar-refractivity contribution >= 4 is 0 Å². The van der Waals surface area contributed by atoms with E-state index in [9.17, 15) is 5.11 Å². The highest BCUT2D eigenvalue weighted by atomic mass is 16.3. The number of rotatable bonds is 0. The number of aliphatic hydroxyl groups excluding tert-OH is 1. The van der Waals surface area contributed by atoms with Gasteiger partial charge in [0.1, 0.15) is 0 Å². The Hall–Kier alpha value is -0.300. The van der Waals surface area contributed by atoms with E-state index in [0.29, 0.717) is 5.92 Å². The zero-order valence-corrected chi connectivity index (χ0v) is 6.80. The molecule has 10 heavy (non-hydrogen) atoms. The number of hydrogen-bond acceptors (Lipinski definition) is 1.